The molecule has 2 nitrogen and oxygen atoms in total. The Hall–Kier alpha value is -0.0500. The Morgan fingerprint density at radius 3 is 3.10 bits per heavy atom. The lowest BCUT2D eigenvalue weighted by molar-refractivity contribution is 0.140. The summed E-state index contributed by atoms with van der Waals surface area (Å²) in [6.45, 7) is 6.40. The average molecular weight is 164 g/mol. The summed E-state index contributed by atoms with van der Waals surface area (Å²) in [6.07, 6.45) is 3.01. The molecule has 10 heavy (non-hydrogen) atoms. The first-order valence-corrected chi connectivity index (χ1v) is 3.37. The summed E-state index contributed by atoms with van der Waals surface area (Å²) in [5.41, 5.74) is 0. The Balaban J connectivity index is 0.000000810. The van der Waals surface area contributed by atoms with Gasteiger partial charge in [0.15, 0.2) is 0 Å². The first kappa shape index (κ1) is 9.95. The van der Waals surface area contributed by atoms with Gasteiger partial charge in [-0.15, -0.1) is 19.0 Å². The van der Waals surface area contributed by atoms with Crippen LogP contribution in [0.5, 0.6) is 0 Å². The maximum absolute atomic E-state index is 5.26. The van der Waals surface area contributed by atoms with Crippen LogP contribution in [0.3, 0.4) is 0 Å². The van der Waals surface area contributed by atoms with Crippen molar-refractivity contribution in [3.8, 4) is 0 Å². The maximum atomic E-state index is 5.26. The van der Waals surface area contributed by atoms with Gasteiger partial charge in [-0.05, 0) is 13.0 Å². The topological polar surface area (TPSA) is 21.3 Å². The van der Waals surface area contributed by atoms with Crippen LogP contribution in [0.2, 0.25) is 0 Å². The van der Waals surface area contributed by atoms with E-state index in [0.717, 1.165) is 26.2 Å². The standard InChI is InChI=1S/C7H13NO.ClH/c1-2-7-6-9-5-3-4-8-7;/h2,7-8H,1,3-6H2;1H. The van der Waals surface area contributed by atoms with Crippen LogP contribution in [0.4, 0.5) is 0 Å². The Bertz CT molecular complexity index is 89.6. The molecule has 0 aromatic carbocycles. The molecule has 0 aromatic heterocycles. The average Bonchev–Trinajstić information content (AvgIpc) is 2.13. The summed E-state index contributed by atoms with van der Waals surface area (Å²) in [5, 5.41) is 3.29. The summed E-state index contributed by atoms with van der Waals surface area (Å²) in [4.78, 5) is 0. The molecule has 0 amide bonds. The summed E-state index contributed by atoms with van der Waals surface area (Å²) < 4.78 is 5.26. The lowest BCUT2D eigenvalue weighted by Crippen LogP contribution is -2.29. The van der Waals surface area contributed by atoms with Crippen LogP contribution in [0.15, 0.2) is 12.7 Å². The van der Waals surface area contributed by atoms with Crippen molar-refractivity contribution in [2.75, 3.05) is 19.8 Å². The Morgan fingerprint density at radius 1 is 1.60 bits per heavy atom. The molecule has 0 radical (unpaired) electrons. The van der Waals surface area contributed by atoms with Crippen molar-refractivity contribution in [2.45, 2.75) is 12.5 Å². The van der Waals surface area contributed by atoms with E-state index in [4.69, 9.17) is 4.74 Å². The van der Waals surface area contributed by atoms with Crippen LogP contribution < -0.4 is 5.32 Å². The minimum absolute atomic E-state index is 0. The molecule has 1 fully saturated rings. The number of ether oxygens (including phenoxy) is 1. The van der Waals surface area contributed by atoms with Gasteiger partial charge in [-0.1, -0.05) is 6.08 Å². The Labute approximate surface area is 68.0 Å². The van der Waals surface area contributed by atoms with Gasteiger partial charge >= 0.3 is 0 Å². The van der Waals surface area contributed by atoms with Crippen LogP contribution in [-0.4, -0.2) is 25.8 Å². The highest BCUT2D eigenvalue weighted by Crippen LogP contribution is 1.94. The van der Waals surface area contributed by atoms with Crippen molar-refractivity contribution in [2.24, 2.45) is 0 Å². The summed E-state index contributed by atoms with van der Waals surface area (Å²) in [6, 6.07) is 0.368. The quantitative estimate of drug-likeness (QED) is 0.582. The second kappa shape index (κ2) is 5.71. The normalized spacial score (nSPS) is 26.2. The Kier molecular flexibility index (Phi) is 5.69. The summed E-state index contributed by atoms with van der Waals surface area (Å²) >= 11 is 0. The molecule has 0 saturated carbocycles. The van der Waals surface area contributed by atoms with Crippen molar-refractivity contribution in [3.05, 3.63) is 12.7 Å². The van der Waals surface area contributed by atoms with E-state index in [1.807, 2.05) is 6.08 Å². The predicted molar refractivity (Wildman–Crippen MR) is 44.7 cm³/mol. The van der Waals surface area contributed by atoms with Crippen LogP contribution >= 0.6 is 12.4 Å². The second-order valence-corrected chi connectivity index (χ2v) is 2.22. The van der Waals surface area contributed by atoms with Gasteiger partial charge in [0.2, 0.25) is 0 Å². The molecule has 1 saturated heterocycles. The van der Waals surface area contributed by atoms with Gasteiger partial charge < -0.3 is 10.1 Å². The minimum Gasteiger partial charge on any atom is -0.379 e. The zero-order valence-corrected chi connectivity index (χ0v) is 6.82. The molecule has 0 aliphatic carbocycles. The van der Waals surface area contributed by atoms with Crippen LogP contribution in [-0.2, 0) is 4.74 Å². The van der Waals surface area contributed by atoms with Crippen molar-refractivity contribution in [1.82, 2.24) is 5.32 Å². The highest BCUT2D eigenvalue weighted by molar-refractivity contribution is 5.85. The van der Waals surface area contributed by atoms with Gasteiger partial charge in [-0.2, -0.15) is 0 Å². The van der Waals surface area contributed by atoms with Crippen molar-refractivity contribution >= 4 is 12.4 Å². The predicted octanol–water partition coefficient (Wildman–Crippen LogP) is 0.973. The number of hydrogen-bond donors (Lipinski definition) is 1. The fourth-order valence-corrected chi connectivity index (χ4v) is 0.882. The molecule has 1 N–H and O–H groups in total. The van der Waals surface area contributed by atoms with Crippen LogP contribution in [0, 0.1) is 0 Å². The molecule has 1 atom stereocenters. The third-order valence-corrected chi connectivity index (χ3v) is 1.45. The molecule has 0 aromatic rings. The fourth-order valence-electron chi connectivity index (χ4n) is 0.882. The molecular weight excluding hydrogens is 150 g/mol. The minimum atomic E-state index is 0. The molecule has 0 spiro atoms. The van der Waals surface area contributed by atoms with E-state index in [1.165, 1.54) is 0 Å². The SMILES string of the molecule is C=CC1COCCCN1.Cl. The highest BCUT2D eigenvalue weighted by Gasteiger charge is 2.05. The highest BCUT2D eigenvalue weighted by atomic mass is 35.5. The smallest absolute Gasteiger partial charge is 0.0655 e. The van der Waals surface area contributed by atoms with Crippen molar-refractivity contribution in [3.63, 3.8) is 0 Å². The van der Waals surface area contributed by atoms with Crippen molar-refractivity contribution in [1.29, 1.82) is 0 Å². The molecule has 1 rings (SSSR count). The van der Waals surface area contributed by atoms with E-state index < -0.39 is 0 Å². The first-order valence-electron chi connectivity index (χ1n) is 3.37. The van der Waals surface area contributed by atoms with E-state index in [-0.39, 0.29) is 12.4 Å². The van der Waals surface area contributed by atoms with Crippen molar-refractivity contribution < 1.29 is 4.74 Å². The first-order chi connectivity index (χ1) is 4.43. The van der Waals surface area contributed by atoms with E-state index in [0.29, 0.717) is 6.04 Å². The molecule has 1 aliphatic heterocycles. The zero-order valence-electron chi connectivity index (χ0n) is 6.01. The molecule has 60 valence electrons. The van der Waals surface area contributed by atoms with Gasteiger partial charge in [-0.3, -0.25) is 0 Å². The monoisotopic (exact) mass is 163 g/mol. The number of hydrogen-bond acceptors (Lipinski definition) is 2. The lowest BCUT2D eigenvalue weighted by atomic mass is 10.3. The summed E-state index contributed by atoms with van der Waals surface area (Å²) in [5.74, 6) is 0. The van der Waals surface area contributed by atoms with E-state index in [2.05, 4.69) is 11.9 Å². The Morgan fingerprint density at radius 2 is 2.40 bits per heavy atom. The van der Waals surface area contributed by atoms with Gasteiger partial charge in [0, 0.05) is 12.6 Å². The third-order valence-electron chi connectivity index (χ3n) is 1.45. The molecule has 1 unspecified atom stereocenters. The molecule has 1 heterocycles. The van der Waals surface area contributed by atoms with E-state index >= 15 is 0 Å². The fraction of sp³-hybridized carbons (Fsp3) is 0.714. The van der Waals surface area contributed by atoms with E-state index in [1.54, 1.807) is 0 Å². The van der Waals surface area contributed by atoms with Crippen LogP contribution in [0.25, 0.3) is 0 Å². The number of halogens is 1. The molecule has 0 bridgehead atoms. The molecular formula is C7H14ClNO. The van der Waals surface area contributed by atoms with Gasteiger partial charge in [0.25, 0.3) is 0 Å². The molecule has 1 aliphatic rings. The zero-order chi connectivity index (χ0) is 6.53. The molecule has 3 heteroatoms. The van der Waals surface area contributed by atoms with Crippen LogP contribution in [0.1, 0.15) is 6.42 Å². The largest absolute Gasteiger partial charge is 0.379 e. The third kappa shape index (κ3) is 3.20. The van der Waals surface area contributed by atoms with E-state index in [9.17, 15) is 0 Å². The summed E-state index contributed by atoms with van der Waals surface area (Å²) in [7, 11) is 0. The lowest BCUT2D eigenvalue weighted by Gasteiger charge is -2.07. The van der Waals surface area contributed by atoms with Gasteiger partial charge in [0.05, 0.1) is 6.61 Å². The number of rotatable bonds is 1. The maximum Gasteiger partial charge on any atom is 0.0655 e. The van der Waals surface area contributed by atoms with Gasteiger partial charge in [0.1, 0.15) is 0 Å². The van der Waals surface area contributed by atoms with Gasteiger partial charge in [-0.25, -0.2) is 0 Å². The number of nitrogens with one attached hydrogen (secondary N) is 1. The second-order valence-electron chi connectivity index (χ2n) is 2.22.